The third-order valence-electron chi connectivity index (χ3n) is 3.51. The van der Waals surface area contributed by atoms with Gasteiger partial charge in [0.15, 0.2) is 0 Å². The normalized spacial score (nSPS) is 19.7. The lowest BCUT2D eigenvalue weighted by molar-refractivity contribution is 0.0931. The van der Waals surface area contributed by atoms with Crippen molar-refractivity contribution in [2.75, 3.05) is 19.6 Å². The Morgan fingerprint density at radius 1 is 1.48 bits per heavy atom. The Kier molecular flexibility index (Phi) is 7.43. The van der Waals surface area contributed by atoms with Gasteiger partial charge in [0, 0.05) is 44.4 Å². The molecule has 128 valence electrons. The number of hydrogen-bond donors (Lipinski definition) is 3. The zero-order valence-electron chi connectivity index (χ0n) is 12.4. The second-order valence-electron chi connectivity index (χ2n) is 5.13. The molecule has 3 N–H and O–H groups in total. The largest absolute Gasteiger partial charge is 0.391 e. The van der Waals surface area contributed by atoms with E-state index in [-0.39, 0.29) is 36.6 Å². The highest BCUT2D eigenvalue weighted by molar-refractivity contribution is 7.16. The summed E-state index contributed by atoms with van der Waals surface area (Å²) >= 11 is 1.34. The first-order chi connectivity index (χ1) is 10.1. The van der Waals surface area contributed by atoms with E-state index in [1.54, 1.807) is 17.1 Å². The summed E-state index contributed by atoms with van der Waals surface area (Å²) in [4.78, 5) is 16.9. The van der Waals surface area contributed by atoms with Crippen LogP contribution in [0.4, 0.5) is 0 Å². The predicted molar refractivity (Wildman–Crippen MR) is 93.5 cm³/mol. The SMILES string of the molecule is Cl.Cl.Cn1cc(-c2ncc(C(=O)NCC3CNCC3O)s2)cn1. The topological polar surface area (TPSA) is 92.1 Å². The van der Waals surface area contributed by atoms with Crippen molar-refractivity contribution < 1.29 is 9.90 Å². The fourth-order valence-corrected chi connectivity index (χ4v) is 3.09. The highest BCUT2D eigenvalue weighted by Crippen LogP contribution is 2.24. The Morgan fingerprint density at radius 3 is 2.87 bits per heavy atom. The molecule has 1 fully saturated rings. The number of carbonyl (C=O) groups excluding carboxylic acids is 1. The number of hydrogen-bond acceptors (Lipinski definition) is 6. The van der Waals surface area contributed by atoms with Crippen molar-refractivity contribution in [1.29, 1.82) is 0 Å². The van der Waals surface area contributed by atoms with Gasteiger partial charge in [-0.15, -0.1) is 36.2 Å². The number of amides is 1. The lowest BCUT2D eigenvalue weighted by Gasteiger charge is -2.13. The summed E-state index contributed by atoms with van der Waals surface area (Å²) in [6, 6.07) is 0. The van der Waals surface area contributed by atoms with Gasteiger partial charge >= 0.3 is 0 Å². The van der Waals surface area contributed by atoms with Crippen molar-refractivity contribution in [2.24, 2.45) is 13.0 Å². The molecular formula is C13H19Cl2N5O2S. The lowest BCUT2D eigenvalue weighted by atomic mass is 10.1. The zero-order valence-corrected chi connectivity index (χ0v) is 14.9. The van der Waals surface area contributed by atoms with Gasteiger partial charge in [0.25, 0.3) is 5.91 Å². The molecule has 1 amide bonds. The van der Waals surface area contributed by atoms with E-state index < -0.39 is 6.10 Å². The monoisotopic (exact) mass is 379 g/mol. The van der Waals surface area contributed by atoms with Crippen molar-refractivity contribution in [1.82, 2.24) is 25.4 Å². The van der Waals surface area contributed by atoms with Crippen LogP contribution in [0.5, 0.6) is 0 Å². The maximum absolute atomic E-state index is 12.1. The number of aliphatic hydroxyl groups excluding tert-OH is 1. The molecule has 0 spiro atoms. The highest BCUT2D eigenvalue weighted by atomic mass is 35.5. The van der Waals surface area contributed by atoms with Gasteiger partial charge < -0.3 is 15.7 Å². The first kappa shape index (κ1) is 19.9. The van der Waals surface area contributed by atoms with Crippen LogP contribution in [0.1, 0.15) is 9.67 Å². The van der Waals surface area contributed by atoms with Crippen molar-refractivity contribution in [2.45, 2.75) is 6.10 Å². The van der Waals surface area contributed by atoms with Crippen LogP contribution in [-0.2, 0) is 7.05 Å². The number of aryl methyl sites for hydroxylation is 1. The molecule has 3 heterocycles. The smallest absolute Gasteiger partial charge is 0.263 e. The Hall–Kier alpha value is -1.19. The summed E-state index contributed by atoms with van der Waals surface area (Å²) < 4.78 is 1.70. The minimum absolute atomic E-state index is 0. The van der Waals surface area contributed by atoms with E-state index in [1.807, 2.05) is 13.2 Å². The molecule has 3 rings (SSSR count). The van der Waals surface area contributed by atoms with Gasteiger partial charge in [0.05, 0.1) is 18.5 Å². The lowest BCUT2D eigenvalue weighted by Crippen LogP contribution is -2.34. The molecule has 0 bridgehead atoms. The van der Waals surface area contributed by atoms with Crippen LogP contribution < -0.4 is 10.6 Å². The Labute approximate surface area is 150 Å². The number of halogens is 2. The summed E-state index contributed by atoms with van der Waals surface area (Å²) in [5.74, 6) is -0.0820. The standard InChI is InChI=1S/C13H17N5O2S.2ClH/c1-18-7-9(4-17-18)13-16-6-11(21-13)12(20)15-3-8-2-14-5-10(8)19;;/h4,6-8,10,14,19H,2-3,5H2,1H3,(H,15,20);2*1H. The van der Waals surface area contributed by atoms with E-state index in [0.717, 1.165) is 17.1 Å². The number of thiazole rings is 1. The van der Waals surface area contributed by atoms with Gasteiger partial charge in [0.2, 0.25) is 0 Å². The molecule has 2 aromatic heterocycles. The average Bonchev–Trinajstić information content (AvgIpc) is 3.16. The third-order valence-corrected chi connectivity index (χ3v) is 4.56. The summed E-state index contributed by atoms with van der Waals surface area (Å²) in [6.07, 6.45) is 4.77. The van der Waals surface area contributed by atoms with E-state index >= 15 is 0 Å². The van der Waals surface area contributed by atoms with Crippen LogP contribution in [0.2, 0.25) is 0 Å². The Morgan fingerprint density at radius 2 is 2.26 bits per heavy atom. The van der Waals surface area contributed by atoms with Crippen LogP contribution in [0.15, 0.2) is 18.6 Å². The molecule has 7 nitrogen and oxygen atoms in total. The molecule has 0 aromatic carbocycles. The van der Waals surface area contributed by atoms with Crippen molar-refractivity contribution in [3.05, 3.63) is 23.5 Å². The van der Waals surface area contributed by atoms with E-state index in [2.05, 4.69) is 20.7 Å². The van der Waals surface area contributed by atoms with Crippen molar-refractivity contribution in [3.63, 3.8) is 0 Å². The Bertz CT molecular complexity index is 648. The quantitative estimate of drug-likeness (QED) is 0.726. The fraction of sp³-hybridized carbons (Fsp3) is 0.462. The van der Waals surface area contributed by atoms with Crippen LogP contribution in [0.25, 0.3) is 10.6 Å². The van der Waals surface area contributed by atoms with Crippen LogP contribution in [-0.4, -0.2) is 51.5 Å². The number of nitrogens with one attached hydrogen (secondary N) is 2. The molecule has 1 saturated heterocycles. The summed E-state index contributed by atoms with van der Waals surface area (Å²) in [5.41, 5.74) is 0.900. The maximum Gasteiger partial charge on any atom is 0.263 e. The van der Waals surface area contributed by atoms with Crippen LogP contribution in [0.3, 0.4) is 0 Å². The van der Waals surface area contributed by atoms with Crippen molar-refractivity contribution >= 4 is 42.1 Å². The predicted octanol–water partition coefficient (Wildman–Crippen LogP) is 0.697. The number of aromatic nitrogens is 3. The number of aliphatic hydroxyl groups is 1. The summed E-state index contributed by atoms with van der Waals surface area (Å²) in [5, 5.41) is 20.5. The van der Waals surface area contributed by atoms with Gasteiger partial charge in [-0.3, -0.25) is 9.48 Å². The minimum atomic E-state index is -0.391. The van der Waals surface area contributed by atoms with E-state index in [9.17, 15) is 9.90 Å². The van der Waals surface area contributed by atoms with Gasteiger partial charge in [0.1, 0.15) is 9.88 Å². The molecule has 2 unspecified atom stereocenters. The second kappa shape index (κ2) is 8.60. The molecule has 2 aromatic rings. The summed E-state index contributed by atoms with van der Waals surface area (Å²) in [6.45, 7) is 1.78. The van der Waals surface area contributed by atoms with E-state index in [0.29, 0.717) is 18.0 Å². The molecule has 0 radical (unpaired) electrons. The second-order valence-corrected chi connectivity index (χ2v) is 6.16. The number of β-amino-alcohol motifs (C(OH)–C–C–N with tert-alkyl or cyclic N) is 1. The maximum atomic E-state index is 12.1. The molecule has 0 saturated carbocycles. The molecule has 10 heteroatoms. The molecular weight excluding hydrogens is 361 g/mol. The first-order valence-electron chi connectivity index (χ1n) is 6.75. The average molecular weight is 380 g/mol. The minimum Gasteiger partial charge on any atom is -0.391 e. The molecule has 2 atom stereocenters. The molecule has 23 heavy (non-hydrogen) atoms. The zero-order chi connectivity index (χ0) is 14.8. The van der Waals surface area contributed by atoms with Gasteiger partial charge in [-0.25, -0.2) is 4.98 Å². The van der Waals surface area contributed by atoms with Gasteiger partial charge in [-0.2, -0.15) is 5.10 Å². The Balaban J connectivity index is 0.00000132. The summed E-state index contributed by atoms with van der Waals surface area (Å²) in [7, 11) is 1.84. The van der Waals surface area contributed by atoms with Gasteiger partial charge in [-0.1, -0.05) is 0 Å². The molecule has 1 aliphatic rings. The van der Waals surface area contributed by atoms with E-state index in [4.69, 9.17) is 0 Å². The third kappa shape index (κ3) is 4.65. The number of rotatable bonds is 4. The highest BCUT2D eigenvalue weighted by Gasteiger charge is 2.25. The van der Waals surface area contributed by atoms with Crippen LogP contribution >= 0.6 is 36.2 Å². The fourth-order valence-electron chi connectivity index (χ4n) is 2.28. The molecule has 1 aliphatic heterocycles. The van der Waals surface area contributed by atoms with Crippen molar-refractivity contribution in [3.8, 4) is 10.6 Å². The van der Waals surface area contributed by atoms with Gasteiger partial charge in [-0.05, 0) is 0 Å². The molecule has 0 aliphatic carbocycles. The number of nitrogens with zero attached hydrogens (tertiary/aromatic N) is 3. The van der Waals surface area contributed by atoms with Crippen LogP contribution in [0, 0.1) is 5.92 Å². The van der Waals surface area contributed by atoms with E-state index in [1.165, 1.54) is 11.3 Å². The number of carbonyl (C=O) groups is 1. The first-order valence-corrected chi connectivity index (χ1v) is 7.57.